The second-order valence-electron chi connectivity index (χ2n) is 4.48. The molecular weight excluding hydrogens is 218 g/mol. The highest BCUT2D eigenvalue weighted by molar-refractivity contribution is 5.75. The van der Waals surface area contributed by atoms with Gasteiger partial charge >= 0.3 is 0 Å². The van der Waals surface area contributed by atoms with Crippen molar-refractivity contribution in [2.24, 2.45) is 5.92 Å². The molecule has 0 unspecified atom stereocenters. The Kier molecular flexibility index (Phi) is 4.08. The average Bonchev–Trinajstić information content (AvgIpc) is 2.83. The summed E-state index contributed by atoms with van der Waals surface area (Å²) in [5.41, 5.74) is 0. The first-order valence-electron chi connectivity index (χ1n) is 6.06. The van der Waals surface area contributed by atoms with Gasteiger partial charge in [0, 0.05) is 19.3 Å². The molecule has 1 aromatic rings. The fraction of sp³-hybridized carbons (Fsp3) is 0.727. The highest BCUT2D eigenvalue weighted by atomic mass is 16.2. The first kappa shape index (κ1) is 12.0. The van der Waals surface area contributed by atoms with Gasteiger partial charge < -0.3 is 10.2 Å². The van der Waals surface area contributed by atoms with E-state index in [9.17, 15) is 4.79 Å². The molecule has 1 aliphatic rings. The predicted octanol–water partition coefficient (Wildman–Crippen LogP) is -0.264. The van der Waals surface area contributed by atoms with Gasteiger partial charge in [-0.2, -0.15) is 0 Å². The molecule has 1 N–H and O–H groups in total. The molecule has 1 fully saturated rings. The van der Waals surface area contributed by atoms with E-state index in [1.165, 1.54) is 0 Å². The molecule has 0 aliphatic carbocycles. The van der Waals surface area contributed by atoms with Crippen LogP contribution < -0.4 is 5.32 Å². The highest BCUT2D eigenvalue weighted by Gasteiger charge is 2.22. The molecule has 1 saturated heterocycles. The van der Waals surface area contributed by atoms with Crippen LogP contribution in [0.2, 0.25) is 0 Å². The number of nitrogens with zero attached hydrogens (tertiary/aromatic N) is 4. The SMILES string of the molecule is CNCC1CCN(C(=O)Cn2ccnn2)CC1. The Hall–Kier alpha value is -1.43. The van der Waals surface area contributed by atoms with Crippen molar-refractivity contribution < 1.29 is 4.79 Å². The predicted molar refractivity (Wildman–Crippen MR) is 63.3 cm³/mol. The second kappa shape index (κ2) is 5.77. The number of likely N-dealkylation sites (tertiary alicyclic amines) is 1. The number of aromatic nitrogens is 3. The summed E-state index contributed by atoms with van der Waals surface area (Å²) < 4.78 is 1.57. The third-order valence-corrected chi connectivity index (χ3v) is 3.23. The molecule has 0 aromatic carbocycles. The molecule has 0 radical (unpaired) electrons. The van der Waals surface area contributed by atoms with Crippen LogP contribution in [0.4, 0.5) is 0 Å². The zero-order valence-electron chi connectivity index (χ0n) is 10.2. The van der Waals surface area contributed by atoms with E-state index in [1.807, 2.05) is 11.9 Å². The van der Waals surface area contributed by atoms with Crippen LogP contribution in [-0.2, 0) is 11.3 Å². The molecule has 2 rings (SSSR count). The number of carbonyl (C=O) groups excluding carboxylic acids is 1. The summed E-state index contributed by atoms with van der Waals surface area (Å²) in [6.07, 6.45) is 5.48. The van der Waals surface area contributed by atoms with Crippen molar-refractivity contribution in [3.05, 3.63) is 12.4 Å². The topological polar surface area (TPSA) is 63.1 Å². The fourth-order valence-electron chi connectivity index (χ4n) is 2.23. The largest absolute Gasteiger partial charge is 0.341 e. The Labute approximate surface area is 101 Å². The molecule has 6 heteroatoms. The van der Waals surface area contributed by atoms with Gasteiger partial charge in [0.05, 0.1) is 6.20 Å². The van der Waals surface area contributed by atoms with Crippen LogP contribution in [-0.4, -0.2) is 52.5 Å². The number of amides is 1. The van der Waals surface area contributed by atoms with E-state index in [2.05, 4.69) is 15.6 Å². The van der Waals surface area contributed by atoms with E-state index in [4.69, 9.17) is 0 Å². The first-order chi connectivity index (χ1) is 8.29. The molecular formula is C11H19N5O. The lowest BCUT2D eigenvalue weighted by Crippen LogP contribution is -2.41. The van der Waals surface area contributed by atoms with Crippen molar-refractivity contribution >= 4 is 5.91 Å². The molecule has 0 saturated carbocycles. The smallest absolute Gasteiger partial charge is 0.244 e. The number of carbonyl (C=O) groups is 1. The van der Waals surface area contributed by atoms with Crippen molar-refractivity contribution in [2.75, 3.05) is 26.7 Å². The highest BCUT2D eigenvalue weighted by Crippen LogP contribution is 2.16. The summed E-state index contributed by atoms with van der Waals surface area (Å²) in [7, 11) is 1.97. The lowest BCUT2D eigenvalue weighted by molar-refractivity contribution is -0.133. The first-order valence-corrected chi connectivity index (χ1v) is 6.06. The van der Waals surface area contributed by atoms with Crippen LogP contribution in [0.1, 0.15) is 12.8 Å². The average molecular weight is 237 g/mol. The molecule has 2 heterocycles. The summed E-state index contributed by atoms with van der Waals surface area (Å²) in [6, 6.07) is 0. The van der Waals surface area contributed by atoms with Crippen LogP contribution in [0.15, 0.2) is 12.4 Å². The summed E-state index contributed by atoms with van der Waals surface area (Å²) in [5.74, 6) is 0.842. The Morgan fingerprint density at radius 1 is 1.47 bits per heavy atom. The quantitative estimate of drug-likeness (QED) is 0.783. The maximum absolute atomic E-state index is 12.0. The standard InChI is InChI=1S/C11H19N5O/c1-12-8-10-2-5-15(6-3-10)11(17)9-16-7-4-13-14-16/h4,7,10,12H,2-3,5-6,8-9H2,1H3. The van der Waals surface area contributed by atoms with Crippen molar-refractivity contribution in [1.29, 1.82) is 0 Å². The van der Waals surface area contributed by atoms with E-state index in [0.29, 0.717) is 12.5 Å². The zero-order chi connectivity index (χ0) is 12.1. The van der Waals surface area contributed by atoms with E-state index >= 15 is 0 Å². The van der Waals surface area contributed by atoms with Gasteiger partial charge in [0.2, 0.25) is 5.91 Å². The fourth-order valence-corrected chi connectivity index (χ4v) is 2.23. The van der Waals surface area contributed by atoms with Gasteiger partial charge in [0.1, 0.15) is 6.54 Å². The number of nitrogens with one attached hydrogen (secondary N) is 1. The van der Waals surface area contributed by atoms with E-state index < -0.39 is 0 Å². The third-order valence-electron chi connectivity index (χ3n) is 3.23. The van der Waals surface area contributed by atoms with Gasteiger partial charge in [0.25, 0.3) is 0 Å². The van der Waals surface area contributed by atoms with E-state index in [0.717, 1.165) is 32.5 Å². The molecule has 0 spiro atoms. The number of hydrogen-bond donors (Lipinski definition) is 1. The Morgan fingerprint density at radius 3 is 2.82 bits per heavy atom. The summed E-state index contributed by atoms with van der Waals surface area (Å²) in [6.45, 7) is 3.07. The number of rotatable bonds is 4. The summed E-state index contributed by atoms with van der Waals surface area (Å²) in [4.78, 5) is 13.9. The Balaban J connectivity index is 1.78. The van der Waals surface area contributed by atoms with Gasteiger partial charge in [-0.15, -0.1) is 5.10 Å². The normalized spacial score (nSPS) is 17.4. The lowest BCUT2D eigenvalue weighted by Gasteiger charge is -2.31. The molecule has 94 valence electrons. The van der Waals surface area contributed by atoms with Gasteiger partial charge in [-0.1, -0.05) is 5.21 Å². The van der Waals surface area contributed by atoms with Crippen molar-refractivity contribution in [3.8, 4) is 0 Å². The Morgan fingerprint density at radius 2 is 2.24 bits per heavy atom. The monoisotopic (exact) mass is 237 g/mol. The summed E-state index contributed by atoms with van der Waals surface area (Å²) in [5, 5.41) is 10.7. The molecule has 17 heavy (non-hydrogen) atoms. The molecule has 1 amide bonds. The van der Waals surface area contributed by atoms with Gasteiger partial charge in [0.15, 0.2) is 0 Å². The maximum atomic E-state index is 12.0. The number of piperidine rings is 1. The minimum absolute atomic E-state index is 0.137. The van der Waals surface area contributed by atoms with Crippen LogP contribution >= 0.6 is 0 Å². The van der Waals surface area contributed by atoms with Gasteiger partial charge in [-0.25, -0.2) is 4.68 Å². The van der Waals surface area contributed by atoms with Crippen LogP contribution in [0.5, 0.6) is 0 Å². The zero-order valence-corrected chi connectivity index (χ0v) is 10.2. The molecule has 1 aromatic heterocycles. The number of hydrogen-bond acceptors (Lipinski definition) is 4. The molecule has 0 atom stereocenters. The maximum Gasteiger partial charge on any atom is 0.244 e. The van der Waals surface area contributed by atoms with Gasteiger partial charge in [-0.3, -0.25) is 4.79 Å². The van der Waals surface area contributed by atoms with E-state index in [-0.39, 0.29) is 5.91 Å². The van der Waals surface area contributed by atoms with Crippen molar-refractivity contribution in [3.63, 3.8) is 0 Å². The minimum Gasteiger partial charge on any atom is -0.341 e. The van der Waals surface area contributed by atoms with Crippen molar-refractivity contribution in [1.82, 2.24) is 25.2 Å². The van der Waals surface area contributed by atoms with E-state index in [1.54, 1.807) is 17.1 Å². The minimum atomic E-state index is 0.137. The third kappa shape index (κ3) is 3.26. The van der Waals surface area contributed by atoms with Crippen molar-refractivity contribution in [2.45, 2.75) is 19.4 Å². The molecule has 6 nitrogen and oxygen atoms in total. The summed E-state index contributed by atoms with van der Waals surface area (Å²) >= 11 is 0. The molecule has 1 aliphatic heterocycles. The Bertz CT molecular complexity index is 343. The van der Waals surface area contributed by atoms with Crippen LogP contribution in [0.25, 0.3) is 0 Å². The lowest BCUT2D eigenvalue weighted by atomic mass is 9.97. The van der Waals surface area contributed by atoms with Crippen LogP contribution in [0.3, 0.4) is 0 Å². The van der Waals surface area contributed by atoms with Gasteiger partial charge in [-0.05, 0) is 32.4 Å². The van der Waals surface area contributed by atoms with Crippen LogP contribution in [0, 0.1) is 5.92 Å². The second-order valence-corrected chi connectivity index (χ2v) is 4.48. The molecule has 0 bridgehead atoms.